The molecular weight excluding hydrogens is 412 g/mol. The molecule has 5 rings (SSSR count). The molecule has 0 aliphatic carbocycles. The number of nitrogens with zero attached hydrogens (tertiary/aromatic N) is 5. The van der Waals surface area contributed by atoms with Crippen LogP contribution in [0, 0.1) is 26.7 Å². The molecular formula is C23H27ClN6O. The summed E-state index contributed by atoms with van der Waals surface area (Å²) in [7, 11) is 0. The maximum atomic E-state index is 13.6. The van der Waals surface area contributed by atoms with Crippen LogP contribution in [0.5, 0.6) is 0 Å². The molecule has 2 fully saturated rings. The molecule has 1 unspecified atom stereocenters. The van der Waals surface area contributed by atoms with Crippen LogP contribution in [0.3, 0.4) is 0 Å². The normalized spacial score (nSPS) is 24.6. The summed E-state index contributed by atoms with van der Waals surface area (Å²) in [6.45, 7) is 8.36. The van der Waals surface area contributed by atoms with E-state index in [4.69, 9.17) is 11.6 Å². The number of rotatable bonds is 3. The number of halogens is 1. The molecule has 3 aliphatic heterocycles. The summed E-state index contributed by atoms with van der Waals surface area (Å²) in [4.78, 5) is 27.0. The van der Waals surface area contributed by atoms with E-state index in [0.29, 0.717) is 16.9 Å². The van der Waals surface area contributed by atoms with Crippen LogP contribution in [0.4, 0.5) is 5.95 Å². The lowest BCUT2D eigenvalue weighted by molar-refractivity contribution is 0.00752. The first-order valence-electron chi connectivity index (χ1n) is 10.9. The first kappa shape index (κ1) is 20.2. The molecule has 0 radical (unpaired) electrons. The van der Waals surface area contributed by atoms with Gasteiger partial charge in [0.25, 0.3) is 5.91 Å². The number of carbonyl (C=O) groups is 1. The van der Waals surface area contributed by atoms with Crippen LogP contribution < -0.4 is 10.3 Å². The predicted molar refractivity (Wildman–Crippen MR) is 122 cm³/mol. The van der Waals surface area contributed by atoms with E-state index in [-0.39, 0.29) is 18.0 Å². The van der Waals surface area contributed by atoms with Crippen molar-refractivity contribution in [3.05, 3.63) is 51.3 Å². The molecule has 2 aromatic rings. The highest BCUT2D eigenvalue weighted by molar-refractivity contribution is 6.31. The molecule has 0 saturated carbocycles. The highest BCUT2D eigenvalue weighted by Crippen LogP contribution is 2.37. The van der Waals surface area contributed by atoms with Crippen LogP contribution in [0.15, 0.2) is 23.3 Å². The molecule has 1 aromatic carbocycles. The van der Waals surface area contributed by atoms with Crippen molar-refractivity contribution >= 4 is 29.7 Å². The molecule has 2 saturated heterocycles. The molecule has 4 heterocycles. The highest BCUT2D eigenvalue weighted by atomic mass is 35.5. The standard InChI is InChI=1S/C23H27ClN6O/c1-13-5-4-6-17(20(13)18-7-9-25-28-18)22(31)30-11-16-8-10-29(12-19(16)30)23-26-14(2)21(24)15(3)27-23/h4-6,9,16,18-19,28H,7-8,10-12H2,1-3H3/t16-,18?,19-/m1/s1. The molecule has 0 spiro atoms. The Morgan fingerprint density at radius 1 is 1.16 bits per heavy atom. The molecule has 3 atom stereocenters. The van der Waals surface area contributed by atoms with Gasteiger partial charge in [-0.25, -0.2) is 9.97 Å². The number of hydrogen-bond acceptors (Lipinski definition) is 6. The van der Waals surface area contributed by atoms with Crippen LogP contribution in [0.25, 0.3) is 0 Å². The van der Waals surface area contributed by atoms with E-state index in [2.05, 4.69) is 38.4 Å². The van der Waals surface area contributed by atoms with E-state index in [0.717, 1.165) is 60.6 Å². The van der Waals surface area contributed by atoms with Crippen LogP contribution >= 0.6 is 11.6 Å². The Morgan fingerprint density at radius 3 is 2.65 bits per heavy atom. The number of hydrazone groups is 1. The van der Waals surface area contributed by atoms with Crippen molar-refractivity contribution in [3.63, 3.8) is 0 Å². The number of carbonyl (C=O) groups excluding carboxylic acids is 1. The van der Waals surface area contributed by atoms with Gasteiger partial charge in [0, 0.05) is 43.8 Å². The third-order valence-corrected chi connectivity index (χ3v) is 7.38. The third kappa shape index (κ3) is 3.45. The summed E-state index contributed by atoms with van der Waals surface area (Å²) in [6, 6.07) is 6.24. The average Bonchev–Trinajstić information content (AvgIpc) is 3.26. The minimum Gasteiger partial charge on any atom is -0.339 e. The summed E-state index contributed by atoms with van der Waals surface area (Å²) < 4.78 is 0. The number of amides is 1. The molecule has 8 heteroatoms. The second-order valence-corrected chi connectivity index (χ2v) is 9.17. The van der Waals surface area contributed by atoms with Crippen molar-refractivity contribution in [2.24, 2.45) is 11.0 Å². The van der Waals surface area contributed by atoms with Crippen molar-refractivity contribution in [1.82, 2.24) is 20.3 Å². The van der Waals surface area contributed by atoms with Crippen molar-refractivity contribution in [2.45, 2.75) is 45.7 Å². The van der Waals surface area contributed by atoms with Gasteiger partial charge in [-0.2, -0.15) is 5.10 Å². The summed E-state index contributed by atoms with van der Waals surface area (Å²) >= 11 is 6.26. The molecule has 3 aliphatic rings. The van der Waals surface area contributed by atoms with Crippen LogP contribution in [0.1, 0.15) is 51.8 Å². The predicted octanol–water partition coefficient (Wildman–Crippen LogP) is 3.43. The maximum absolute atomic E-state index is 13.6. The molecule has 0 bridgehead atoms. The van der Waals surface area contributed by atoms with Gasteiger partial charge in [-0.15, -0.1) is 0 Å². The van der Waals surface area contributed by atoms with E-state index in [1.807, 2.05) is 37.1 Å². The van der Waals surface area contributed by atoms with Gasteiger partial charge in [-0.1, -0.05) is 23.7 Å². The third-order valence-electron chi connectivity index (χ3n) is 6.83. The Hall–Kier alpha value is -2.67. The number of fused-ring (bicyclic) bond motifs is 1. The number of benzene rings is 1. The first-order chi connectivity index (χ1) is 14.9. The fourth-order valence-electron chi connectivity index (χ4n) is 5.06. The Morgan fingerprint density at radius 2 is 1.94 bits per heavy atom. The Labute approximate surface area is 187 Å². The monoisotopic (exact) mass is 438 g/mol. The second-order valence-electron chi connectivity index (χ2n) is 8.79. The van der Waals surface area contributed by atoms with Crippen LogP contribution in [-0.4, -0.2) is 52.7 Å². The lowest BCUT2D eigenvalue weighted by Crippen LogP contribution is -2.66. The van der Waals surface area contributed by atoms with Crippen molar-refractivity contribution in [3.8, 4) is 0 Å². The fraction of sp³-hybridized carbons (Fsp3) is 0.478. The van der Waals surface area contributed by atoms with E-state index in [1.54, 1.807) is 0 Å². The van der Waals surface area contributed by atoms with Crippen LogP contribution in [0.2, 0.25) is 5.02 Å². The maximum Gasteiger partial charge on any atom is 0.254 e. The minimum atomic E-state index is 0.0634. The quantitative estimate of drug-likeness (QED) is 0.794. The van der Waals surface area contributed by atoms with Gasteiger partial charge in [0.05, 0.1) is 28.5 Å². The van der Waals surface area contributed by atoms with Gasteiger partial charge >= 0.3 is 0 Å². The number of anilines is 1. The van der Waals surface area contributed by atoms with Crippen molar-refractivity contribution < 1.29 is 4.79 Å². The van der Waals surface area contributed by atoms with Gasteiger partial charge in [0.15, 0.2) is 0 Å². The zero-order chi connectivity index (χ0) is 21.7. The summed E-state index contributed by atoms with van der Waals surface area (Å²) in [5.41, 5.74) is 7.71. The molecule has 31 heavy (non-hydrogen) atoms. The molecule has 1 N–H and O–H groups in total. The topological polar surface area (TPSA) is 73.7 Å². The highest BCUT2D eigenvalue weighted by Gasteiger charge is 2.46. The largest absolute Gasteiger partial charge is 0.339 e. The Bertz CT molecular complexity index is 1040. The summed E-state index contributed by atoms with van der Waals surface area (Å²) in [5.74, 6) is 1.36. The number of piperidine rings is 1. The van der Waals surface area contributed by atoms with Gasteiger partial charge in [0.1, 0.15) is 0 Å². The zero-order valence-electron chi connectivity index (χ0n) is 18.1. The minimum absolute atomic E-state index is 0.0634. The van der Waals surface area contributed by atoms with E-state index >= 15 is 0 Å². The average molecular weight is 439 g/mol. The number of nitrogens with one attached hydrogen (secondary N) is 1. The van der Waals surface area contributed by atoms with E-state index in [9.17, 15) is 4.79 Å². The number of aryl methyl sites for hydroxylation is 3. The SMILES string of the molecule is Cc1cccc(C(=O)N2C[C@H]3CCN(c4nc(C)c(Cl)c(C)n4)C[C@H]32)c1C1CC=NN1. The lowest BCUT2D eigenvalue weighted by atomic mass is 9.81. The van der Waals surface area contributed by atoms with Crippen LogP contribution in [-0.2, 0) is 0 Å². The summed E-state index contributed by atoms with van der Waals surface area (Å²) in [5, 5.41) is 4.78. The van der Waals surface area contributed by atoms with Crippen molar-refractivity contribution in [1.29, 1.82) is 0 Å². The lowest BCUT2D eigenvalue weighted by Gasteiger charge is -2.53. The number of hydrogen-bond donors (Lipinski definition) is 1. The zero-order valence-corrected chi connectivity index (χ0v) is 18.9. The molecule has 162 valence electrons. The smallest absolute Gasteiger partial charge is 0.254 e. The Balaban J connectivity index is 1.38. The molecule has 7 nitrogen and oxygen atoms in total. The van der Waals surface area contributed by atoms with E-state index < -0.39 is 0 Å². The van der Waals surface area contributed by atoms with Gasteiger partial charge in [-0.3, -0.25) is 4.79 Å². The van der Waals surface area contributed by atoms with Gasteiger partial charge in [0.2, 0.25) is 5.95 Å². The first-order valence-corrected chi connectivity index (χ1v) is 11.2. The van der Waals surface area contributed by atoms with Gasteiger partial charge < -0.3 is 15.2 Å². The Kier molecular flexibility index (Phi) is 5.08. The summed E-state index contributed by atoms with van der Waals surface area (Å²) in [6.07, 6.45) is 3.72. The molecule has 1 aromatic heterocycles. The van der Waals surface area contributed by atoms with E-state index in [1.165, 1.54) is 0 Å². The second kappa shape index (κ2) is 7.79. The van der Waals surface area contributed by atoms with Gasteiger partial charge in [-0.05, 0) is 44.4 Å². The number of likely N-dealkylation sites (tertiary alicyclic amines) is 1. The number of aromatic nitrogens is 2. The molecule has 1 amide bonds. The van der Waals surface area contributed by atoms with Crippen molar-refractivity contribution in [2.75, 3.05) is 24.5 Å². The fourth-order valence-corrected chi connectivity index (χ4v) is 5.14.